The largest absolute Gasteiger partial charge is 0.480 e. The van der Waals surface area contributed by atoms with E-state index in [9.17, 15) is 14.7 Å². The lowest BCUT2D eigenvalue weighted by molar-refractivity contribution is -0.157. The van der Waals surface area contributed by atoms with Crippen LogP contribution in [0.15, 0.2) is 28.7 Å². The molecule has 2 aromatic rings. The van der Waals surface area contributed by atoms with Gasteiger partial charge in [-0.05, 0) is 65.0 Å². The molecule has 1 aromatic heterocycles. The highest BCUT2D eigenvalue weighted by Crippen LogP contribution is 2.31. The molecule has 0 radical (unpaired) electrons. The van der Waals surface area contributed by atoms with E-state index in [0.29, 0.717) is 18.9 Å². The maximum Gasteiger partial charge on any atom is 0.326 e. The van der Waals surface area contributed by atoms with E-state index in [-0.39, 0.29) is 29.9 Å². The van der Waals surface area contributed by atoms with Crippen LogP contribution in [0, 0.1) is 25.7 Å². The predicted molar refractivity (Wildman–Crippen MR) is 130 cm³/mol. The van der Waals surface area contributed by atoms with Crippen molar-refractivity contribution in [2.75, 3.05) is 0 Å². The smallest absolute Gasteiger partial charge is 0.326 e. The second-order valence-corrected chi connectivity index (χ2v) is 10.1. The van der Waals surface area contributed by atoms with E-state index in [4.69, 9.17) is 9.15 Å². The van der Waals surface area contributed by atoms with Crippen molar-refractivity contribution in [3.63, 3.8) is 0 Å². The van der Waals surface area contributed by atoms with Crippen LogP contribution in [0.5, 0.6) is 0 Å². The van der Waals surface area contributed by atoms with E-state index in [1.807, 2.05) is 65.8 Å². The Morgan fingerprint density at radius 2 is 1.82 bits per heavy atom. The Morgan fingerprint density at radius 1 is 1.15 bits per heavy atom. The monoisotopic (exact) mass is 470 g/mol. The minimum absolute atomic E-state index is 0.0713. The molecular formula is C27H38N2O5. The van der Waals surface area contributed by atoms with Crippen molar-refractivity contribution in [3.05, 3.63) is 41.3 Å². The van der Waals surface area contributed by atoms with Gasteiger partial charge >= 0.3 is 5.97 Å². The molecule has 1 heterocycles. The van der Waals surface area contributed by atoms with Crippen LogP contribution in [-0.2, 0) is 20.9 Å². The zero-order valence-corrected chi connectivity index (χ0v) is 21.2. The van der Waals surface area contributed by atoms with Crippen molar-refractivity contribution in [2.45, 2.75) is 92.0 Å². The average molecular weight is 471 g/mol. The van der Waals surface area contributed by atoms with Crippen LogP contribution in [0.2, 0.25) is 0 Å². The lowest BCUT2D eigenvalue weighted by Crippen LogP contribution is -2.54. The summed E-state index contributed by atoms with van der Waals surface area (Å²) < 4.78 is 12.0. The van der Waals surface area contributed by atoms with Gasteiger partial charge in [0, 0.05) is 17.5 Å². The molecule has 1 aliphatic carbocycles. The van der Waals surface area contributed by atoms with Gasteiger partial charge in [-0.2, -0.15) is 0 Å². The molecule has 7 nitrogen and oxygen atoms in total. The topological polar surface area (TPSA) is 92.9 Å². The minimum Gasteiger partial charge on any atom is -0.480 e. The standard InChI is InChI=1S/C27H38N2O5/c1-16(2)24(27(31)32)29(17(3)4)26(30)21-8-7-9-22(14-21)33-15-23-19(6)34-25(28-23)20-12-10-18(5)11-13-20/h10-13,16-17,21-22,24H,7-9,14-15H2,1-6H3,(H,31,32)/t21?,22?,24-/m1/s1. The molecule has 1 aliphatic rings. The van der Waals surface area contributed by atoms with Crippen LogP contribution in [0.25, 0.3) is 11.5 Å². The number of amides is 1. The van der Waals surface area contributed by atoms with E-state index in [1.54, 1.807) is 4.90 Å². The summed E-state index contributed by atoms with van der Waals surface area (Å²) in [6, 6.07) is 7.02. The van der Waals surface area contributed by atoms with Crippen LogP contribution in [0.4, 0.5) is 0 Å². The van der Waals surface area contributed by atoms with E-state index < -0.39 is 12.0 Å². The Labute approximate surface area is 202 Å². The fourth-order valence-corrected chi connectivity index (χ4v) is 4.75. The minimum atomic E-state index is -0.952. The summed E-state index contributed by atoms with van der Waals surface area (Å²) in [5.41, 5.74) is 2.87. The molecule has 0 saturated heterocycles. The third-order valence-corrected chi connectivity index (χ3v) is 6.62. The second-order valence-electron chi connectivity index (χ2n) is 10.1. The molecule has 2 unspecified atom stereocenters. The Balaban J connectivity index is 1.65. The molecule has 3 atom stereocenters. The molecule has 0 spiro atoms. The number of oxazole rings is 1. The van der Waals surface area contributed by atoms with Gasteiger partial charge in [0.25, 0.3) is 0 Å². The molecule has 34 heavy (non-hydrogen) atoms. The van der Waals surface area contributed by atoms with Crippen LogP contribution in [-0.4, -0.2) is 45.1 Å². The summed E-state index contributed by atoms with van der Waals surface area (Å²) in [7, 11) is 0. The molecule has 7 heteroatoms. The van der Waals surface area contributed by atoms with Crippen molar-refractivity contribution >= 4 is 11.9 Å². The fourth-order valence-electron chi connectivity index (χ4n) is 4.75. The average Bonchev–Trinajstić information content (AvgIpc) is 3.15. The van der Waals surface area contributed by atoms with Crippen molar-refractivity contribution in [1.29, 1.82) is 0 Å². The van der Waals surface area contributed by atoms with Crippen molar-refractivity contribution in [1.82, 2.24) is 9.88 Å². The van der Waals surface area contributed by atoms with Gasteiger partial charge in [0.15, 0.2) is 0 Å². The number of hydrogen-bond acceptors (Lipinski definition) is 5. The van der Waals surface area contributed by atoms with E-state index in [2.05, 4.69) is 4.98 Å². The zero-order valence-electron chi connectivity index (χ0n) is 21.2. The first-order valence-electron chi connectivity index (χ1n) is 12.3. The summed E-state index contributed by atoms with van der Waals surface area (Å²) in [6.07, 6.45) is 3.03. The third kappa shape index (κ3) is 6.06. The first kappa shape index (κ1) is 25.9. The molecule has 0 aliphatic heterocycles. The SMILES string of the molecule is Cc1ccc(-c2nc(COC3CCCC(C(=O)N(C(C)C)[C@@H](C(=O)O)C(C)C)C3)c(C)o2)cc1. The van der Waals surface area contributed by atoms with Gasteiger partial charge in [0.05, 0.1) is 12.7 Å². The van der Waals surface area contributed by atoms with Gasteiger partial charge in [-0.3, -0.25) is 4.79 Å². The van der Waals surface area contributed by atoms with Gasteiger partial charge in [-0.25, -0.2) is 9.78 Å². The number of aliphatic carboxylic acids is 1. The number of benzene rings is 1. The van der Waals surface area contributed by atoms with E-state index >= 15 is 0 Å². The number of carbonyl (C=O) groups excluding carboxylic acids is 1. The first-order valence-corrected chi connectivity index (χ1v) is 12.3. The van der Waals surface area contributed by atoms with Crippen LogP contribution in [0.3, 0.4) is 0 Å². The highest BCUT2D eigenvalue weighted by atomic mass is 16.5. The lowest BCUT2D eigenvalue weighted by atomic mass is 9.85. The number of carboxylic acid groups (broad SMARTS) is 1. The van der Waals surface area contributed by atoms with Crippen LogP contribution < -0.4 is 0 Å². The molecular weight excluding hydrogens is 432 g/mol. The molecule has 1 saturated carbocycles. The molecule has 1 fully saturated rings. The van der Waals surface area contributed by atoms with Crippen LogP contribution in [0.1, 0.15) is 70.4 Å². The number of aryl methyl sites for hydroxylation is 2. The summed E-state index contributed by atoms with van der Waals surface area (Å²) in [5, 5.41) is 9.76. The Hall–Kier alpha value is -2.67. The Bertz CT molecular complexity index is 979. The number of ether oxygens (including phenoxy) is 1. The maximum absolute atomic E-state index is 13.4. The summed E-state index contributed by atoms with van der Waals surface area (Å²) in [5.74, 6) is -0.129. The molecule has 3 rings (SSSR count). The number of aromatic nitrogens is 1. The van der Waals surface area contributed by atoms with Gasteiger partial charge in [-0.1, -0.05) is 38.0 Å². The molecule has 1 aromatic carbocycles. The van der Waals surface area contributed by atoms with E-state index in [0.717, 1.165) is 36.3 Å². The molecule has 186 valence electrons. The Kier molecular flexibility index (Phi) is 8.52. The van der Waals surface area contributed by atoms with Crippen molar-refractivity contribution in [2.24, 2.45) is 11.8 Å². The zero-order chi connectivity index (χ0) is 25.0. The van der Waals surface area contributed by atoms with Gasteiger partial charge in [0.2, 0.25) is 11.8 Å². The highest BCUT2D eigenvalue weighted by molar-refractivity contribution is 5.85. The first-order chi connectivity index (χ1) is 16.1. The summed E-state index contributed by atoms with van der Waals surface area (Å²) >= 11 is 0. The number of hydrogen-bond donors (Lipinski definition) is 1. The van der Waals surface area contributed by atoms with Gasteiger partial charge in [0.1, 0.15) is 17.5 Å². The van der Waals surface area contributed by atoms with Crippen LogP contribution >= 0.6 is 0 Å². The normalized spacial score (nSPS) is 19.4. The molecule has 0 bridgehead atoms. The summed E-state index contributed by atoms with van der Waals surface area (Å²) in [4.78, 5) is 31.5. The quantitative estimate of drug-likeness (QED) is 0.529. The molecule has 1 N–H and O–H groups in total. The predicted octanol–water partition coefficient (Wildman–Crippen LogP) is 5.38. The van der Waals surface area contributed by atoms with Crippen molar-refractivity contribution in [3.8, 4) is 11.5 Å². The van der Waals surface area contributed by atoms with E-state index in [1.165, 1.54) is 5.56 Å². The second kappa shape index (κ2) is 11.2. The van der Waals surface area contributed by atoms with Gasteiger partial charge < -0.3 is 19.2 Å². The number of carboxylic acids is 1. The highest BCUT2D eigenvalue weighted by Gasteiger charge is 2.39. The maximum atomic E-state index is 13.4. The number of carbonyl (C=O) groups is 2. The number of rotatable bonds is 9. The van der Waals surface area contributed by atoms with Crippen molar-refractivity contribution < 1.29 is 23.8 Å². The van der Waals surface area contributed by atoms with Gasteiger partial charge in [-0.15, -0.1) is 0 Å². The number of nitrogens with zero attached hydrogens (tertiary/aromatic N) is 2. The lowest BCUT2D eigenvalue weighted by Gasteiger charge is -2.39. The third-order valence-electron chi connectivity index (χ3n) is 6.62. The summed E-state index contributed by atoms with van der Waals surface area (Å²) in [6.45, 7) is 11.7. The molecule has 1 amide bonds. The Morgan fingerprint density at radius 3 is 2.41 bits per heavy atom. The fraction of sp³-hybridized carbons (Fsp3) is 0.593.